The smallest absolute Gasteiger partial charge is 0.123 e. The molecule has 0 saturated carbocycles. The van der Waals surface area contributed by atoms with E-state index in [4.69, 9.17) is 11.6 Å². The Morgan fingerprint density at radius 3 is 2.20 bits per heavy atom. The van der Waals surface area contributed by atoms with Gasteiger partial charge >= 0.3 is 0 Å². The molecular weight excluding hydrogens is 335 g/mol. The summed E-state index contributed by atoms with van der Waals surface area (Å²) in [5.41, 5.74) is 2.37. The number of nitrogens with one attached hydrogen (secondary N) is 1. The van der Waals surface area contributed by atoms with Crippen molar-refractivity contribution in [1.82, 2.24) is 10.2 Å². The van der Waals surface area contributed by atoms with Gasteiger partial charge in [0, 0.05) is 17.0 Å². The number of hydrogen-bond acceptors (Lipinski definition) is 2. The zero-order valence-electron chi connectivity index (χ0n) is 14.7. The van der Waals surface area contributed by atoms with Crippen LogP contribution < -0.4 is 5.32 Å². The van der Waals surface area contributed by atoms with Crippen molar-refractivity contribution in [2.24, 2.45) is 0 Å². The summed E-state index contributed by atoms with van der Waals surface area (Å²) >= 11 is 6.03. The number of nitrogens with zero attached hydrogens (tertiary/aromatic N) is 1. The quantitative estimate of drug-likeness (QED) is 0.804. The second-order valence-corrected chi connectivity index (χ2v) is 7.41. The first-order valence-corrected chi connectivity index (χ1v) is 9.42. The zero-order valence-corrected chi connectivity index (χ0v) is 15.5. The first-order chi connectivity index (χ1) is 12.1. The molecule has 1 heterocycles. The molecule has 0 amide bonds. The van der Waals surface area contributed by atoms with Gasteiger partial charge in [-0.15, -0.1) is 0 Å². The largest absolute Gasteiger partial charge is 0.314 e. The highest BCUT2D eigenvalue weighted by atomic mass is 35.5. The van der Waals surface area contributed by atoms with Crippen molar-refractivity contribution in [2.45, 2.75) is 31.2 Å². The van der Waals surface area contributed by atoms with Gasteiger partial charge in [-0.25, -0.2) is 4.39 Å². The van der Waals surface area contributed by atoms with Gasteiger partial charge in [-0.2, -0.15) is 0 Å². The lowest BCUT2D eigenvalue weighted by Gasteiger charge is -2.30. The Bertz CT molecular complexity index is 603. The van der Waals surface area contributed by atoms with Gasteiger partial charge in [0.25, 0.3) is 0 Å². The van der Waals surface area contributed by atoms with Crippen molar-refractivity contribution in [3.8, 4) is 0 Å². The van der Waals surface area contributed by atoms with E-state index in [2.05, 4.69) is 29.4 Å². The monoisotopic (exact) mass is 360 g/mol. The molecule has 3 rings (SSSR count). The molecular formula is C21H26ClFN2. The van der Waals surface area contributed by atoms with Crippen molar-refractivity contribution in [3.05, 3.63) is 70.5 Å². The molecule has 134 valence electrons. The van der Waals surface area contributed by atoms with Crippen LogP contribution in [0.15, 0.2) is 48.5 Å². The lowest BCUT2D eigenvalue weighted by atomic mass is 9.88. The van der Waals surface area contributed by atoms with Gasteiger partial charge in [0.15, 0.2) is 0 Å². The van der Waals surface area contributed by atoms with Crippen LogP contribution in [0.25, 0.3) is 0 Å². The molecule has 1 N–H and O–H groups in total. The Hall–Kier alpha value is -1.42. The zero-order chi connectivity index (χ0) is 17.6. The fourth-order valence-electron chi connectivity index (χ4n) is 3.56. The Morgan fingerprint density at radius 1 is 1.04 bits per heavy atom. The average molecular weight is 361 g/mol. The lowest BCUT2D eigenvalue weighted by Crippen LogP contribution is -2.41. The van der Waals surface area contributed by atoms with Crippen molar-refractivity contribution in [3.63, 3.8) is 0 Å². The maximum Gasteiger partial charge on any atom is 0.123 e. The number of likely N-dealkylation sites (tertiary alicyclic amines) is 1. The predicted molar refractivity (Wildman–Crippen MR) is 103 cm³/mol. The number of piperidine rings is 1. The summed E-state index contributed by atoms with van der Waals surface area (Å²) in [6.45, 7) is 3.28. The van der Waals surface area contributed by atoms with Crippen LogP contribution in [0.3, 0.4) is 0 Å². The van der Waals surface area contributed by atoms with Crippen molar-refractivity contribution in [1.29, 1.82) is 0 Å². The highest BCUT2D eigenvalue weighted by molar-refractivity contribution is 6.30. The average Bonchev–Trinajstić information content (AvgIpc) is 2.62. The minimum atomic E-state index is -0.192. The molecule has 2 nitrogen and oxygen atoms in total. The lowest BCUT2D eigenvalue weighted by molar-refractivity contribution is 0.234. The van der Waals surface area contributed by atoms with Crippen LogP contribution in [0.1, 0.15) is 36.3 Å². The molecule has 1 saturated heterocycles. The van der Waals surface area contributed by atoms with Gasteiger partial charge in [-0.05, 0) is 81.3 Å². The van der Waals surface area contributed by atoms with E-state index >= 15 is 0 Å². The summed E-state index contributed by atoms with van der Waals surface area (Å²) in [5, 5.41) is 4.45. The molecule has 1 aliphatic heterocycles. The van der Waals surface area contributed by atoms with Crippen LogP contribution in [0.5, 0.6) is 0 Å². The third-order valence-electron chi connectivity index (χ3n) is 5.13. The third kappa shape index (κ3) is 5.27. The summed E-state index contributed by atoms with van der Waals surface area (Å²) in [5.74, 6) is 0.0553. The Labute approximate surface area is 155 Å². The number of hydrogen-bond donors (Lipinski definition) is 1. The van der Waals surface area contributed by atoms with Crippen LogP contribution >= 0.6 is 11.6 Å². The van der Waals surface area contributed by atoms with Crippen LogP contribution in [-0.2, 0) is 0 Å². The summed E-state index contributed by atoms with van der Waals surface area (Å²) in [7, 11) is 2.18. The fraction of sp³-hybridized carbons (Fsp3) is 0.429. The maximum atomic E-state index is 13.3. The summed E-state index contributed by atoms with van der Waals surface area (Å²) in [6.07, 6.45) is 3.40. The first-order valence-electron chi connectivity index (χ1n) is 9.04. The van der Waals surface area contributed by atoms with E-state index in [-0.39, 0.29) is 11.7 Å². The standard InChI is InChI=1S/C21H26ClFN2/c1-25-14-11-20(12-15-25)24-13-10-21(16-2-6-18(22)7-3-16)17-4-8-19(23)9-5-17/h2-9,20-21,24H,10-15H2,1H3/t21-/m0/s1. The third-order valence-corrected chi connectivity index (χ3v) is 5.38. The molecule has 0 unspecified atom stereocenters. The van der Waals surface area contributed by atoms with E-state index in [0.717, 1.165) is 36.6 Å². The normalized spacial score (nSPS) is 17.6. The molecule has 0 aromatic heterocycles. The molecule has 1 aliphatic rings. The molecule has 25 heavy (non-hydrogen) atoms. The molecule has 0 aliphatic carbocycles. The molecule has 4 heteroatoms. The van der Waals surface area contributed by atoms with Gasteiger partial charge in [-0.1, -0.05) is 35.9 Å². The van der Waals surface area contributed by atoms with E-state index in [0.29, 0.717) is 6.04 Å². The van der Waals surface area contributed by atoms with E-state index in [1.807, 2.05) is 24.3 Å². The van der Waals surface area contributed by atoms with Crippen molar-refractivity contribution < 1.29 is 4.39 Å². The van der Waals surface area contributed by atoms with E-state index in [1.165, 1.54) is 18.4 Å². The van der Waals surface area contributed by atoms with Crippen LogP contribution in [0.4, 0.5) is 4.39 Å². The van der Waals surface area contributed by atoms with E-state index in [1.54, 1.807) is 12.1 Å². The minimum Gasteiger partial charge on any atom is -0.314 e. The number of benzene rings is 2. The molecule has 2 aromatic rings. The molecule has 1 fully saturated rings. The minimum absolute atomic E-state index is 0.192. The van der Waals surface area contributed by atoms with Gasteiger partial charge in [0.05, 0.1) is 0 Å². The first kappa shape index (κ1) is 18.4. The molecule has 2 aromatic carbocycles. The van der Waals surface area contributed by atoms with E-state index in [9.17, 15) is 4.39 Å². The highest BCUT2D eigenvalue weighted by Crippen LogP contribution is 2.29. The second-order valence-electron chi connectivity index (χ2n) is 6.98. The Balaban J connectivity index is 1.66. The van der Waals surface area contributed by atoms with Gasteiger partial charge in [0.1, 0.15) is 5.82 Å². The Morgan fingerprint density at radius 2 is 1.60 bits per heavy atom. The molecule has 0 radical (unpaired) electrons. The van der Waals surface area contributed by atoms with Crippen LogP contribution in [0, 0.1) is 5.82 Å². The summed E-state index contributed by atoms with van der Waals surface area (Å²) in [6, 6.07) is 15.5. The maximum absolute atomic E-state index is 13.3. The van der Waals surface area contributed by atoms with Crippen molar-refractivity contribution >= 4 is 11.6 Å². The van der Waals surface area contributed by atoms with Gasteiger partial charge < -0.3 is 10.2 Å². The predicted octanol–water partition coefficient (Wildman–Crippen LogP) is 4.68. The summed E-state index contributed by atoms with van der Waals surface area (Å²) in [4.78, 5) is 2.38. The molecule has 1 atom stereocenters. The number of rotatable bonds is 6. The SMILES string of the molecule is CN1CCC(NCC[C@H](c2ccc(F)cc2)c2ccc(Cl)cc2)CC1. The van der Waals surface area contributed by atoms with Crippen LogP contribution in [0.2, 0.25) is 5.02 Å². The van der Waals surface area contributed by atoms with Gasteiger partial charge in [0.2, 0.25) is 0 Å². The Kier molecular flexibility index (Phi) is 6.46. The highest BCUT2D eigenvalue weighted by Gasteiger charge is 2.18. The van der Waals surface area contributed by atoms with Crippen molar-refractivity contribution in [2.75, 3.05) is 26.7 Å². The topological polar surface area (TPSA) is 15.3 Å². The van der Waals surface area contributed by atoms with Crippen LogP contribution in [-0.4, -0.2) is 37.6 Å². The number of halogens is 2. The molecule has 0 bridgehead atoms. The second kappa shape index (κ2) is 8.79. The fourth-order valence-corrected chi connectivity index (χ4v) is 3.69. The van der Waals surface area contributed by atoms with Gasteiger partial charge in [-0.3, -0.25) is 0 Å². The molecule has 0 spiro atoms. The summed E-state index contributed by atoms with van der Waals surface area (Å²) < 4.78 is 13.3. The van der Waals surface area contributed by atoms with E-state index < -0.39 is 0 Å².